The van der Waals surface area contributed by atoms with Gasteiger partial charge in [-0.1, -0.05) is 271 Å². The Hall–Kier alpha value is -5.48. The second-order valence-corrected chi connectivity index (χ2v) is 23.8. The minimum Gasteiger partial charge on any atom is -0.462 e. The Morgan fingerprint density at radius 1 is 0.512 bits per heavy atom. The van der Waals surface area contributed by atoms with E-state index in [1.165, 1.54) is 77.5 Å². The van der Waals surface area contributed by atoms with Gasteiger partial charge in [-0.15, -0.1) is 0 Å². The molecule has 0 saturated heterocycles. The maximum atomic E-state index is 12.8. The average Bonchev–Trinajstić information content (AvgIpc) is 3.40. The molecule has 2 aliphatic carbocycles. The molecule has 0 aliphatic heterocycles. The fourth-order valence-corrected chi connectivity index (χ4v) is 10.5. The van der Waals surface area contributed by atoms with Gasteiger partial charge in [0.05, 0.1) is 0 Å². The van der Waals surface area contributed by atoms with Crippen molar-refractivity contribution in [3.63, 3.8) is 0 Å². The molecule has 0 aromatic heterocycles. The van der Waals surface area contributed by atoms with E-state index < -0.39 is 0 Å². The van der Waals surface area contributed by atoms with Crippen molar-refractivity contribution in [2.24, 2.45) is 16.7 Å². The minimum absolute atomic E-state index is 0.0203. The van der Waals surface area contributed by atoms with E-state index in [4.69, 9.17) is 9.47 Å². The van der Waals surface area contributed by atoms with Crippen LogP contribution in [0.15, 0.2) is 203 Å². The van der Waals surface area contributed by atoms with Crippen molar-refractivity contribution in [3.8, 4) is 0 Å². The van der Waals surface area contributed by atoms with Gasteiger partial charge < -0.3 is 9.47 Å². The molecule has 0 bridgehead atoms. The van der Waals surface area contributed by atoms with Gasteiger partial charge in [0.15, 0.2) is 0 Å². The van der Waals surface area contributed by atoms with E-state index in [0.29, 0.717) is 12.8 Å². The van der Waals surface area contributed by atoms with Gasteiger partial charge in [0, 0.05) is 25.2 Å². The number of ether oxygens (including phenoxy) is 2. The molecule has 80 heavy (non-hydrogen) atoms. The van der Waals surface area contributed by atoms with Crippen LogP contribution < -0.4 is 0 Å². The van der Waals surface area contributed by atoms with Crippen LogP contribution in [0.2, 0.25) is 0 Å². The Morgan fingerprint density at radius 2 is 0.938 bits per heavy atom. The summed E-state index contributed by atoms with van der Waals surface area (Å²) in [6, 6.07) is 0. The standard InChI is InChI=1S/C76H112O4/c1-13-15-17-19-21-23-25-27-29-31-33-35-37-39-41-53-73(77)79-69-59-67(7)71(75(9,10)61-69)57-55-65(5)51-45-49-63(3)47-43-44-48-64(4)50-46-52-66(6)56-58-72-68(8)60-70(62-76(72,11)12)80-74(78)54-42-40-38-36-34-32-30-28-26-24-22-20-18-16-14-2/h15-18,21-24,27-30,43-52,55-59,69-71H,13-14,19-20,25-26,31-42,53-54,60-62H2,1-12H3. The van der Waals surface area contributed by atoms with Gasteiger partial charge in [-0.3, -0.25) is 9.59 Å². The fourth-order valence-electron chi connectivity index (χ4n) is 10.5. The summed E-state index contributed by atoms with van der Waals surface area (Å²) < 4.78 is 12.0. The summed E-state index contributed by atoms with van der Waals surface area (Å²) in [5.74, 6) is 0.167. The molecule has 0 spiro atoms. The van der Waals surface area contributed by atoms with Crippen LogP contribution in [0.1, 0.15) is 231 Å². The first kappa shape index (κ1) is 70.6. The maximum absolute atomic E-state index is 12.8. The summed E-state index contributed by atoms with van der Waals surface area (Å²) in [5.41, 5.74) is 8.54. The van der Waals surface area contributed by atoms with Crippen LogP contribution in [0.4, 0.5) is 0 Å². The lowest BCUT2D eigenvalue weighted by molar-refractivity contribution is -0.151. The van der Waals surface area contributed by atoms with E-state index >= 15 is 0 Å². The minimum atomic E-state index is -0.161. The summed E-state index contributed by atoms with van der Waals surface area (Å²) in [5, 5.41) is 0. The van der Waals surface area contributed by atoms with E-state index in [0.717, 1.165) is 96.3 Å². The molecule has 0 aromatic rings. The fraction of sp³-hybridized carbons (Fsp3) is 0.526. The second-order valence-electron chi connectivity index (χ2n) is 23.8. The lowest BCUT2D eigenvalue weighted by atomic mass is 9.67. The number of rotatable bonds is 38. The lowest BCUT2D eigenvalue weighted by Gasteiger charge is -2.40. The highest BCUT2D eigenvalue weighted by Crippen LogP contribution is 2.44. The number of esters is 2. The number of hydrogen-bond acceptors (Lipinski definition) is 4. The van der Waals surface area contributed by atoms with E-state index in [9.17, 15) is 9.59 Å². The van der Waals surface area contributed by atoms with E-state index in [-0.39, 0.29) is 40.9 Å². The first-order valence-corrected chi connectivity index (χ1v) is 31.2. The summed E-state index contributed by atoms with van der Waals surface area (Å²) in [6.45, 7) is 26.3. The zero-order chi connectivity index (χ0) is 58.7. The Morgan fingerprint density at radius 3 is 1.43 bits per heavy atom. The molecule has 2 rings (SSSR count). The summed E-state index contributed by atoms with van der Waals surface area (Å²) in [4.78, 5) is 25.6. The molecule has 0 saturated carbocycles. The van der Waals surface area contributed by atoms with Gasteiger partial charge in [0.1, 0.15) is 12.2 Å². The van der Waals surface area contributed by atoms with Crippen molar-refractivity contribution in [1.82, 2.24) is 0 Å². The average molecular weight is 1090 g/mol. The summed E-state index contributed by atoms with van der Waals surface area (Å²) in [6.07, 6.45) is 82.4. The molecule has 0 N–H and O–H groups in total. The normalized spacial score (nSPS) is 20.1. The quantitative estimate of drug-likeness (QED) is 0.0268. The molecular weight excluding hydrogens is 977 g/mol. The van der Waals surface area contributed by atoms with E-state index in [2.05, 4.69) is 247 Å². The number of allylic oxidation sites excluding steroid dienone is 32. The van der Waals surface area contributed by atoms with E-state index in [1.807, 2.05) is 0 Å². The molecular formula is C76H112O4. The van der Waals surface area contributed by atoms with Crippen molar-refractivity contribution in [2.75, 3.05) is 0 Å². The highest BCUT2D eigenvalue weighted by Gasteiger charge is 2.37. The van der Waals surface area contributed by atoms with Gasteiger partial charge in [-0.2, -0.15) is 0 Å². The number of unbranched alkanes of at least 4 members (excludes halogenated alkanes) is 10. The Labute approximate surface area is 491 Å². The van der Waals surface area contributed by atoms with Gasteiger partial charge in [0.2, 0.25) is 0 Å². The number of carbonyl (C=O) groups excluding carboxylic acids is 2. The number of hydrogen-bond donors (Lipinski definition) is 0. The Kier molecular flexibility index (Phi) is 38.2. The predicted octanol–water partition coefficient (Wildman–Crippen LogP) is 22.7. The molecule has 4 heteroatoms. The van der Waals surface area contributed by atoms with Crippen molar-refractivity contribution < 1.29 is 19.1 Å². The van der Waals surface area contributed by atoms with Crippen LogP contribution in [-0.2, 0) is 19.1 Å². The van der Waals surface area contributed by atoms with E-state index in [1.54, 1.807) is 0 Å². The van der Waals surface area contributed by atoms with Crippen LogP contribution in [0.5, 0.6) is 0 Å². The molecule has 4 nitrogen and oxygen atoms in total. The molecule has 0 amide bonds. The smallest absolute Gasteiger partial charge is 0.306 e. The summed E-state index contributed by atoms with van der Waals surface area (Å²) >= 11 is 0. The van der Waals surface area contributed by atoms with Crippen molar-refractivity contribution >= 4 is 11.9 Å². The molecule has 0 aromatic carbocycles. The third-order valence-corrected chi connectivity index (χ3v) is 14.9. The van der Waals surface area contributed by atoms with Crippen molar-refractivity contribution in [1.29, 1.82) is 0 Å². The molecule has 0 heterocycles. The van der Waals surface area contributed by atoms with Crippen molar-refractivity contribution in [3.05, 3.63) is 203 Å². The first-order chi connectivity index (χ1) is 38.5. The van der Waals surface area contributed by atoms with Crippen LogP contribution in [-0.4, -0.2) is 24.1 Å². The first-order valence-electron chi connectivity index (χ1n) is 31.2. The highest BCUT2D eigenvalue weighted by molar-refractivity contribution is 5.70. The predicted molar refractivity (Wildman–Crippen MR) is 350 cm³/mol. The zero-order valence-electron chi connectivity index (χ0n) is 52.7. The molecule has 440 valence electrons. The van der Waals surface area contributed by atoms with Crippen LogP contribution in [0.3, 0.4) is 0 Å². The molecule has 3 atom stereocenters. The van der Waals surface area contributed by atoms with Crippen LogP contribution in [0, 0.1) is 16.7 Å². The third kappa shape index (κ3) is 34.6. The SMILES string of the molecule is CCC=CCC=CCC=CCCCCCCCC(=O)OC1C=C(C)C(C=CC(C)=CC=CC(C)=CC=CC=C(C)C=CC=C(C)C=CC2=C(C)CC(OC(=O)CCCCCCCC=CCC=CCC=CCC)CC2(C)C)C(C)(C)C1. The lowest BCUT2D eigenvalue weighted by Crippen LogP contribution is -2.34. The molecule has 2 aliphatic rings. The second kappa shape index (κ2) is 43.3. The monoisotopic (exact) mass is 1090 g/mol. The van der Waals surface area contributed by atoms with Crippen molar-refractivity contribution in [2.45, 2.75) is 243 Å². The van der Waals surface area contributed by atoms with Gasteiger partial charge >= 0.3 is 11.9 Å². The maximum Gasteiger partial charge on any atom is 0.306 e. The Balaban J connectivity index is 1.73. The summed E-state index contributed by atoms with van der Waals surface area (Å²) in [7, 11) is 0. The molecule has 0 radical (unpaired) electrons. The third-order valence-electron chi connectivity index (χ3n) is 14.9. The van der Waals surface area contributed by atoms with Gasteiger partial charge in [-0.25, -0.2) is 0 Å². The topological polar surface area (TPSA) is 52.6 Å². The Bertz CT molecular complexity index is 2340. The molecule has 0 fully saturated rings. The number of carbonyl (C=O) groups is 2. The van der Waals surface area contributed by atoms with Crippen LogP contribution in [0.25, 0.3) is 0 Å². The zero-order valence-corrected chi connectivity index (χ0v) is 52.7. The van der Waals surface area contributed by atoms with Crippen LogP contribution >= 0.6 is 0 Å². The highest BCUT2D eigenvalue weighted by atomic mass is 16.5. The molecule has 3 unspecified atom stereocenters. The largest absolute Gasteiger partial charge is 0.462 e. The van der Waals surface area contributed by atoms with Gasteiger partial charge in [-0.05, 0) is 154 Å². The van der Waals surface area contributed by atoms with Gasteiger partial charge in [0.25, 0.3) is 0 Å².